The van der Waals surface area contributed by atoms with Gasteiger partial charge in [0.25, 0.3) is 0 Å². The summed E-state index contributed by atoms with van der Waals surface area (Å²) < 4.78 is 11.1. The van der Waals surface area contributed by atoms with Gasteiger partial charge in [-0.25, -0.2) is 0 Å². The zero-order valence-electron chi connectivity index (χ0n) is 12.5. The van der Waals surface area contributed by atoms with Crippen LogP contribution in [0.4, 0.5) is 5.69 Å². The predicted octanol–water partition coefficient (Wildman–Crippen LogP) is 3.01. The zero-order chi connectivity index (χ0) is 14.6. The van der Waals surface area contributed by atoms with Crippen LogP contribution in [0.25, 0.3) is 0 Å². The van der Waals surface area contributed by atoms with Crippen molar-refractivity contribution in [2.45, 2.75) is 39.2 Å². The van der Waals surface area contributed by atoms with Crippen molar-refractivity contribution in [3.05, 3.63) is 24.3 Å². The van der Waals surface area contributed by atoms with Gasteiger partial charge in [-0.1, -0.05) is 12.1 Å². The Labute approximate surface area is 120 Å². The predicted molar refractivity (Wildman–Crippen MR) is 79.2 cm³/mol. The van der Waals surface area contributed by atoms with Gasteiger partial charge in [0, 0.05) is 13.1 Å². The van der Waals surface area contributed by atoms with Crippen molar-refractivity contribution in [1.29, 1.82) is 0 Å². The molecule has 0 aliphatic carbocycles. The van der Waals surface area contributed by atoms with Crippen molar-refractivity contribution in [3.63, 3.8) is 0 Å². The van der Waals surface area contributed by atoms with E-state index in [2.05, 4.69) is 4.90 Å². The Morgan fingerprint density at radius 2 is 2.10 bits per heavy atom. The molecule has 0 saturated carbocycles. The Morgan fingerprint density at radius 1 is 1.35 bits per heavy atom. The summed E-state index contributed by atoms with van der Waals surface area (Å²) in [4.78, 5) is 14.0. The molecule has 0 amide bonds. The van der Waals surface area contributed by atoms with Gasteiger partial charge in [-0.15, -0.1) is 0 Å². The maximum atomic E-state index is 11.8. The van der Waals surface area contributed by atoms with Gasteiger partial charge in [-0.05, 0) is 39.3 Å². The number of carbonyl (C=O) groups excluding carboxylic acids is 1. The van der Waals surface area contributed by atoms with Crippen LogP contribution in [0.5, 0.6) is 5.75 Å². The minimum absolute atomic E-state index is 0.153. The lowest BCUT2D eigenvalue weighted by atomic mass is 10.2. The number of ether oxygens (including phenoxy) is 2. The zero-order valence-corrected chi connectivity index (χ0v) is 12.5. The quantitative estimate of drug-likeness (QED) is 0.796. The molecular weight excluding hydrogens is 254 g/mol. The van der Waals surface area contributed by atoms with Crippen LogP contribution in [0.15, 0.2) is 24.3 Å². The van der Waals surface area contributed by atoms with Gasteiger partial charge in [0.05, 0.1) is 18.7 Å². The summed E-state index contributed by atoms with van der Waals surface area (Å²) in [7, 11) is 0. The number of fused-ring (bicyclic) bond motifs is 1. The third-order valence-electron chi connectivity index (χ3n) is 3.04. The molecule has 0 aromatic heterocycles. The van der Waals surface area contributed by atoms with Crippen molar-refractivity contribution in [3.8, 4) is 5.75 Å². The molecule has 0 spiro atoms. The summed E-state index contributed by atoms with van der Waals surface area (Å²) in [6, 6.07) is 7.97. The summed E-state index contributed by atoms with van der Waals surface area (Å²) in [6.45, 7) is 7.95. The largest absolute Gasteiger partial charge is 0.491 e. The number of carbonyl (C=O) groups is 1. The summed E-state index contributed by atoms with van der Waals surface area (Å²) in [5.74, 6) is 0.745. The molecule has 2 rings (SSSR count). The molecule has 4 heteroatoms. The highest BCUT2D eigenvalue weighted by Crippen LogP contribution is 2.30. The molecule has 110 valence electrons. The first-order chi connectivity index (χ1) is 9.46. The van der Waals surface area contributed by atoms with E-state index in [1.54, 1.807) is 0 Å². The summed E-state index contributed by atoms with van der Waals surface area (Å²) in [6.07, 6.45) is 1.36. The summed E-state index contributed by atoms with van der Waals surface area (Å²) >= 11 is 0. The molecule has 4 nitrogen and oxygen atoms in total. The number of para-hydroxylation sites is 2. The van der Waals surface area contributed by atoms with Crippen LogP contribution >= 0.6 is 0 Å². The Kier molecular flexibility index (Phi) is 4.53. The van der Waals surface area contributed by atoms with Crippen LogP contribution in [0.3, 0.4) is 0 Å². The van der Waals surface area contributed by atoms with E-state index in [1.807, 2.05) is 45.0 Å². The number of hydrogen-bond acceptors (Lipinski definition) is 4. The van der Waals surface area contributed by atoms with Crippen LogP contribution in [0.2, 0.25) is 0 Å². The highest BCUT2D eigenvalue weighted by molar-refractivity contribution is 5.71. The molecule has 20 heavy (non-hydrogen) atoms. The minimum Gasteiger partial charge on any atom is -0.491 e. The highest BCUT2D eigenvalue weighted by atomic mass is 16.6. The van der Waals surface area contributed by atoms with Crippen LogP contribution in [-0.2, 0) is 9.53 Å². The Hall–Kier alpha value is -1.71. The molecular formula is C16H23NO3. The SMILES string of the molecule is CC(C)(C)OC(=O)CCN1CCCOc2ccccc21. The first kappa shape index (κ1) is 14.7. The molecule has 1 aliphatic rings. The monoisotopic (exact) mass is 277 g/mol. The maximum absolute atomic E-state index is 11.8. The molecule has 0 unspecified atom stereocenters. The van der Waals surface area contributed by atoms with Crippen LogP contribution in [-0.4, -0.2) is 31.3 Å². The normalized spacial score (nSPS) is 15.1. The molecule has 0 atom stereocenters. The minimum atomic E-state index is -0.420. The van der Waals surface area contributed by atoms with Crippen molar-refractivity contribution in [1.82, 2.24) is 0 Å². The average Bonchev–Trinajstić information content (AvgIpc) is 2.56. The fourth-order valence-corrected chi connectivity index (χ4v) is 2.25. The van der Waals surface area contributed by atoms with Crippen LogP contribution < -0.4 is 9.64 Å². The van der Waals surface area contributed by atoms with Crippen molar-refractivity contribution < 1.29 is 14.3 Å². The van der Waals surface area contributed by atoms with Gasteiger partial charge in [0.2, 0.25) is 0 Å². The summed E-state index contributed by atoms with van der Waals surface area (Å²) in [5, 5.41) is 0. The molecule has 1 heterocycles. The maximum Gasteiger partial charge on any atom is 0.308 e. The number of nitrogens with zero attached hydrogens (tertiary/aromatic N) is 1. The Balaban J connectivity index is 1.97. The number of benzene rings is 1. The molecule has 0 fully saturated rings. The van der Waals surface area contributed by atoms with Crippen molar-refractivity contribution in [2.24, 2.45) is 0 Å². The van der Waals surface area contributed by atoms with Gasteiger partial charge < -0.3 is 14.4 Å². The number of rotatable bonds is 3. The molecule has 1 aliphatic heterocycles. The van der Waals surface area contributed by atoms with Crippen LogP contribution in [0, 0.1) is 0 Å². The lowest BCUT2D eigenvalue weighted by molar-refractivity contribution is -0.154. The van der Waals surface area contributed by atoms with Gasteiger partial charge >= 0.3 is 5.97 Å². The van der Waals surface area contributed by atoms with E-state index >= 15 is 0 Å². The van der Waals surface area contributed by atoms with E-state index in [-0.39, 0.29) is 5.97 Å². The topological polar surface area (TPSA) is 38.8 Å². The number of esters is 1. The Morgan fingerprint density at radius 3 is 2.85 bits per heavy atom. The molecule has 1 aromatic rings. The second-order valence-corrected chi connectivity index (χ2v) is 5.99. The smallest absolute Gasteiger partial charge is 0.308 e. The average molecular weight is 277 g/mol. The lowest BCUT2D eigenvalue weighted by Crippen LogP contribution is -2.30. The van der Waals surface area contributed by atoms with E-state index in [0.717, 1.165) is 31.0 Å². The van der Waals surface area contributed by atoms with E-state index in [0.29, 0.717) is 13.0 Å². The van der Waals surface area contributed by atoms with Gasteiger partial charge in [0.1, 0.15) is 11.4 Å². The van der Waals surface area contributed by atoms with Crippen molar-refractivity contribution >= 4 is 11.7 Å². The first-order valence-corrected chi connectivity index (χ1v) is 7.14. The molecule has 0 N–H and O–H groups in total. The van der Waals surface area contributed by atoms with Gasteiger partial charge in [-0.3, -0.25) is 4.79 Å². The second kappa shape index (κ2) is 6.16. The fraction of sp³-hybridized carbons (Fsp3) is 0.562. The molecule has 1 aromatic carbocycles. The van der Waals surface area contributed by atoms with E-state index < -0.39 is 5.60 Å². The van der Waals surface area contributed by atoms with E-state index in [9.17, 15) is 4.79 Å². The number of anilines is 1. The lowest BCUT2D eigenvalue weighted by Gasteiger charge is -2.25. The van der Waals surface area contributed by atoms with Gasteiger partial charge in [0.15, 0.2) is 0 Å². The molecule has 0 radical (unpaired) electrons. The standard InChI is InChI=1S/C16H23NO3/c1-16(2,3)20-15(18)9-11-17-10-6-12-19-14-8-5-4-7-13(14)17/h4-5,7-8H,6,9-12H2,1-3H3. The van der Waals surface area contributed by atoms with E-state index in [1.165, 1.54) is 0 Å². The van der Waals surface area contributed by atoms with Crippen molar-refractivity contribution in [2.75, 3.05) is 24.6 Å². The van der Waals surface area contributed by atoms with E-state index in [4.69, 9.17) is 9.47 Å². The first-order valence-electron chi connectivity index (χ1n) is 7.14. The fourth-order valence-electron chi connectivity index (χ4n) is 2.25. The second-order valence-electron chi connectivity index (χ2n) is 5.99. The highest BCUT2D eigenvalue weighted by Gasteiger charge is 2.19. The van der Waals surface area contributed by atoms with Gasteiger partial charge in [-0.2, -0.15) is 0 Å². The number of hydrogen-bond donors (Lipinski definition) is 0. The molecule has 0 bridgehead atoms. The summed E-state index contributed by atoms with van der Waals surface area (Å²) in [5.41, 5.74) is 0.644. The van der Waals surface area contributed by atoms with Crippen LogP contribution in [0.1, 0.15) is 33.6 Å². The Bertz CT molecular complexity index is 465. The molecule has 0 saturated heterocycles. The third-order valence-corrected chi connectivity index (χ3v) is 3.04. The third kappa shape index (κ3) is 4.15.